The molecule has 0 aromatic heterocycles. The molecular formula is C15H32N2O5S2. The number of esters is 1. The molecule has 0 heterocycles. The lowest BCUT2D eigenvalue weighted by atomic mass is 10.2. The quantitative estimate of drug-likeness (QED) is 0.226. The lowest BCUT2D eigenvalue weighted by molar-refractivity contribution is -0.134. The molecule has 0 saturated carbocycles. The zero-order valence-electron chi connectivity index (χ0n) is 15.6. The number of methoxy groups -OCH3 is 1. The third-order valence-electron chi connectivity index (χ3n) is 1.64. The molecule has 0 aliphatic rings. The van der Waals surface area contributed by atoms with Crippen molar-refractivity contribution >= 4 is 41.7 Å². The van der Waals surface area contributed by atoms with Crippen LogP contribution in [0.15, 0.2) is 12.2 Å². The van der Waals surface area contributed by atoms with Gasteiger partial charge in [-0.15, -0.1) is 23.3 Å². The average Bonchev–Trinajstić information content (AvgIpc) is 2.56. The number of likely N-dealkylation sites (N-methyl/N-ethyl adjacent to an activating group) is 1. The van der Waals surface area contributed by atoms with E-state index in [-0.39, 0.29) is 6.54 Å². The lowest BCUT2D eigenvalue weighted by Gasteiger charge is -2.23. The minimum atomic E-state index is -0.516. The van der Waals surface area contributed by atoms with Crippen LogP contribution < -0.4 is 5.73 Å². The lowest BCUT2D eigenvalue weighted by Crippen LogP contribution is -2.34. The fourth-order valence-corrected chi connectivity index (χ4v) is 0.789. The van der Waals surface area contributed by atoms with E-state index in [2.05, 4.69) is 33.8 Å². The number of carbonyl (C=O) groups is 3. The summed E-state index contributed by atoms with van der Waals surface area (Å²) in [5, 5.41) is 0. The van der Waals surface area contributed by atoms with Crippen LogP contribution >= 0.6 is 23.3 Å². The second kappa shape index (κ2) is 21.8. The van der Waals surface area contributed by atoms with Crippen molar-refractivity contribution in [2.24, 2.45) is 5.73 Å². The number of thiol groups is 2. The van der Waals surface area contributed by atoms with E-state index < -0.39 is 17.7 Å². The van der Waals surface area contributed by atoms with Crippen molar-refractivity contribution in [3.8, 4) is 0 Å². The Morgan fingerprint density at radius 1 is 1.21 bits per heavy atom. The summed E-state index contributed by atoms with van der Waals surface area (Å²) in [6, 6.07) is 0. The van der Waals surface area contributed by atoms with E-state index in [0.717, 1.165) is 0 Å². The van der Waals surface area contributed by atoms with E-state index in [9.17, 15) is 9.59 Å². The molecule has 9 heteroatoms. The Bertz CT molecular complexity index is 345. The van der Waals surface area contributed by atoms with Gasteiger partial charge in [-0.25, -0.2) is 9.59 Å². The van der Waals surface area contributed by atoms with Crippen LogP contribution in [0.2, 0.25) is 0 Å². The van der Waals surface area contributed by atoms with E-state index >= 15 is 0 Å². The van der Waals surface area contributed by atoms with Gasteiger partial charge in [0.05, 0.1) is 7.11 Å². The summed E-state index contributed by atoms with van der Waals surface area (Å²) >= 11 is 6.44. The van der Waals surface area contributed by atoms with Gasteiger partial charge in [-0.1, -0.05) is 19.9 Å². The summed E-state index contributed by atoms with van der Waals surface area (Å²) in [6.45, 7) is 9.82. The molecule has 0 saturated heterocycles. The van der Waals surface area contributed by atoms with Crippen molar-refractivity contribution < 1.29 is 23.9 Å². The van der Waals surface area contributed by atoms with Gasteiger partial charge in [-0.3, -0.25) is 0 Å². The van der Waals surface area contributed by atoms with Crippen LogP contribution in [-0.2, 0) is 19.1 Å². The highest BCUT2D eigenvalue weighted by molar-refractivity contribution is 8.59. The van der Waals surface area contributed by atoms with Crippen LogP contribution in [0.4, 0.5) is 4.79 Å². The number of aldehydes is 1. The van der Waals surface area contributed by atoms with Crippen LogP contribution in [0.5, 0.6) is 0 Å². The van der Waals surface area contributed by atoms with Crippen molar-refractivity contribution in [3.63, 3.8) is 0 Å². The maximum atomic E-state index is 11.5. The van der Waals surface area contributed by atoms with Gasteiger partial charge in [0.2, 0.25) is 0 Å². The summed E-state index contributed by atoms with van der Waals surface area (Å²) in [7, 11) is 2.89. The fraction of sp³-hybridized carbons (Fsp3) is 0.667. The molecule has 0 unspecified atom stereocenters. The van der Waals surface area contributed by atoms with Crippen molar-refractivity contribution in [2.75, 3.05) is 27.2 Å². The topological polar surface area (TPSA) is 98.9 Å². The molecule has 24 heavy (non-hydrogen) atoms. The van der Waals surface area contributed by atoms with E-state index in [1.165, 1.54) is 24.2 Å². The van der Waals surface area contributed by atoms with E-state index in [0.29, 0.717) is 12.8 Å². The number of ether oxygens (including phenoxy) is 2. The van der Waals surface area contributed by atoms with Gasteiger partial charge >= 0.3 is 12.1 Å². The van der Waals surface area contributed by atoms with Gasteiger partial charge in [0.25, 0.3) is 0 Å². The molecule has 0 rings (SSSR count). The molecule has 0 aromatic carbocycles. The molecule has 0 spiro atoms. The van der Waals surface area contributed by atoms with Crippen molar-refractivity contribution in [1.29, 1.82) is 0 Å². The smallest absolute Gasteiger partial charge is 0.410 e. The van der Waals surface area contributed by atoms with E-state index in [4.69, 9.17) is 9.53 Å². The third kappa shape index (κ3) is 28.9. The van der Waals surface area contributed by atoms with Crippen LogP contribution in [0.1, 0.15) is 34.6 Å². The maximum Gasteiger partial charge on any atom is 0.410 e. The molecule has 0 fully saturated rings. The normalized spacial score (nSPS) is 9.08. The molecule has 0 aliphatic carbocycles. The summed E-state index contributed by atoms with van der Waals surface area (Å²) in [5.74, 6) is -0.447. The number of hydrogen-bond donors (Lipinski definition) is 3. The molecule has 1 amide bonds. The van der Waals surface area contributed by atoms with Crippen molar-refractivity contribution in [3.05, 3.63) is 12.2 Å². The molecule has 7 nitrogen and oxygen atoms in total. The predicted octanol–water partition coefficient (Wildman–Crippen LogP) is 2.51. The predicted molar refractivity (Wildman–Crippen MR) is 104 cm³/mol. The molecule has 2 N–H and O–H groups in total. The minimum Gasteiger partial charge on any atom is -0.466 e. The van der Waals surface area contributed by atoms with Crippen LogP contribution in [0, 0.1) is 0 Å². The number of nitrogens with two attached hydrogens (primary N) is 1. The average molecular weight is 385 g/mol. The second-order valence-corrected chi connectivity index (χ2v) is 4.69. The van der Waals surface area contributed by atoms with Crippen LogP contribution in [0.25, 0.3) is 0 Å². The fourth-order valence-electron chi connectivity index (χ4n) is 0.789. The molecule has 0 radical (unpaired) electrons. The first-order chi connectivity index (χ1) is 11.2. The molecule has 0 aliphatic heterocycles. The first-order valence-electron chi connectivity index (χ1n) is 7.20. The number of hydrogen-bond acceptors (Lipinski definition) is 8. The van der Waals surface area contributed by atoms with Crippen LogP contribution in [0.3, 0.4) is 0 Å². The molecule has 0 bridgehead atoms. The summed E-state index contributed by atoms with van der Waals surface area (Å²) in [5.41, 5.74) is 4.14. The highest BCUT2D eigenvalue weighted by Crippen LogP contribution is 2.08. The highest BCUT2D eigenvalue weighted by Gasteiger charge is 2.18. The number of amides is 1. The number of nitrogens with zero attached hydrogens (tertiary/aromatic N) is 1. The van der Waals surface area contributed by atoms with E-state index in [1.807, 2.05) is 13.8 Å². The Hall–Kier alpha value is -1.19. The summed E-state index contributed by atoms with van der Waals surface area (Å²) < 4.78 is 9.53. The monoisotopic (exact) mass is 384 g/mol. The molecule has 0 aromatic rings. The van der Waals surface area contributed by atoms with Crippen molar-refractivity contribution in [2.45, 2.75) is 40.2 Å². The Kier molecular flexibility index (Phi) is 27.9. The highest BCUT2D eigenvalue weighted by atomic mass is 33.1. The zero-order valence-corrected chi connectivity index (χ0v) is 17.4. The Balaban J connectivity index is -0.000000212. The van der Waals surface area contributed by atoms with Gasteiger partial charge in [-0.05, 0) is 20.8 Å². The molecule has 0 atom stereocenters. The maximum absolute atomic E-state index is 11.5. The van der Waals surface area contributed by atoms with Crippen LogP contribution in [-0.4, -0.2) is 56.1 Å². The zero-order chi connectivity index (χ0) is 20.2. The van der Waals surface area contributed by atoms with Gasteiger partial charge in [0.15, 0.2) is 0 Å². The first-order valence-corrected chi connectivity index (χ1v) is 8.80. The van der Waals surface area contributed by atoms with E-state index in [1.54, 1.807) is 27.8 Å². The standard InChI is InChI=1S/C11H19NO4.C2H5NO.C2H6.H2S2/c1-11(2,3)16-10(14)12(4)8-6-7-9(13)15-5;3-1-2-4;2*1-2/h6-7H,8H2,1-5H3;2H,1,3H2;1-2H3;1-2H/b7-6+;;;. The van der Waals surface area contributed by atoms with Gasteiger partial charge < -0.3 is 24.9 Å². The Morgan fingerprint density at radius 2 is 1.62 bits per heavy atom. The first kappa shape index (κ1) is 30.7. The largest absolute Gasteiger partial charge is 0.466 e. The Labute approximate surface area is 156 Å². The molecule has 144 valence electrons. The number of carbonyl (C=O) groups excluding carboxylic acids is 3. The van der Waals surface area contributed by atoms with Crippen molar-refractivity contribution in [1.82, 2.24) is 4.90 Å². The van der Waals surface area contributed by atoms with Gasteiger partial charge in [-0.2, -0.15) is 0 Å². The van der Waals surface area contributed by atoms with Gasteiger partial charge in [0.1, 0.15) is 11.9 Å². The minimum absolute atomic E-state index is 0.139. The van der Waals surface area contributed by atoms with Gasteiger partial charge in [0, 0.05) is 26.2 Å². The Morgan fingerprint density at radius 3 is 1.92 bits per heavy atom. The second-order valence-electron chi connectivity index (χ2n) is 4.69. The third-order valence-corrected chi connectivity index (χ3v) is 1.64. The number of rotatable bonds is 4. The molecular weight excluding hydrogens is 352 g/mol. The summed E-state index contributed by atoms with van der Waals surface area (Å²) in [6.07, 6.45) is 3.03. The SMILES string of the molecule is CC.COC(=O)/C=C/CN(C)C(=O)OC(C)(C)C.NCC=O.SS. The summed E-state index contributed by atoms with van der Waals surface area (Å²) in [4.78, 5) is 32.6.